The Morgan fingerprint density at radius 2 is 2.00 bits per heavy atom. The molecule has 0 spiro atoms. The zero-order valence-corrected chi connectivity index (χ0v) is 16.7. The van der Waals surface area contributed by atoms with Crippen molar-refractivity contribution in [2.75, 3.05) is 5.75 Å². The van der Waals surface area contributed by atoms with Crippen molar-refractivity contribution < 1.29 is 19.5 Å². The molecule has 0 radical (unpaired) electrons. The first-order valence-electron chi connectivity index (χ1n) is 9.37. The van der Waals surface area contributed by atoms with Crippen LogP contribution in [-0.2, 0) is 20.8 Å². The summed E-state index contributed by atoms with van der Waals surface area (Å²) >= 11 is 1.44. The van der Waals surface area contributed by atoms with Gasteiger partial charge in [-0.15, -0.1) is 11.8 Å². The molecule has 2 aliphatic heterocycles. The maximum atomic E-state index is 12.7. The van der Waals surface area contributed by atoms with Crippen LogP contribution in [0.15, 0.2) is 72.2 Å². The number of benzene rings is 1. The van der Waals surface area contributed by atoms with Crippen LogP contribution in [-0.4, -0.2) is 49.9 Å². The number of aromatic nitrogens is 1. The molecule has 2 aromatic rings. The molecule has 7 nitrogen and oxygen atoms in total. The van der Waals surface area contributed by atoms with E-state index in [9.17, 15) is 19.5 Å². The number of amides is 2. The molecule has 8 heteroatoms. The highest BCUT2D eigenvalue weighted by molar-refractivity contribution is 8.00. The van der Waals surface area contributed by atoms with Gasteiger partial charge in [-0.25, -0.2) is 4.79 Å². The number of pyridine rings is 1. The van der Waals surface area contributed by atoms with E-state index in [1.807, 2.05) is 36.4 Å². The topological polar surface area (TPSA) is 99.6 Å². The maximum absolute atomic E-state index is 12.7. The van der Waals surface area contributed by atoms with Gasteiger partial charge in [0.15, 0.2) is 0 Å². The average Bonchev–Trinajstić information content (AvgIpc) is 2.76. The van der Waals surface area contributed by atoms with Gasteiger partial charge in [0, 0.05) is 18.1 Å². The second-order valence-corrected chi connectivity index (χ2v) is 8.02. The zero-order chi connectivity index (χ0) is 21.1. The van der Waals surface area contributed by atoms with Crippen molar-refractivity contribution in [3.63, 3.8) is 0 Å². The molecule has 152 valence electrons. The monoisotopic (exact) mass is 421 g/mol. The molecule has 1 aromatic heterocycles. The van der Waals surface area contributed by atoms with Crippen molar-refractivity contribution in [2.24, 2.45) is 0 Å². The van der Waals surface area contributed by atoms with Crippen molar-refractivity contribution in [2.45, 2.75) is 17.8 Å². The van der Waals surface area contributed by atoms with E-state index in [4.69, 9.17) is 0 Å². The number of β-lactam (4-membered cyclic amide) rings is 1. The minimum atomic E-state index is -1.16. The number of rotatable bonds is 6. The molecule has 0 bridgehead atoms. The maximum Gasteiger partial charge on any atom is 0.352 e. The van der Waals surface area contributed by atoms with Crippen LogP contribution < -0.4 is 5.32 Å². The van der Waals surface area contributed by atoms with Gasteiger partial charge in [-0.2, -0.15) is 0 Å². The highest BCUT2D eigenvalue weighted by Gasteiger charge is 2.53. The highest BCUT2D eigenvalue weighted by atomic mass is 32.2. The van der Waals surface area contributed by atoms with Crippen molar-refractivity contribution in [3.05, 3.63) is 83.3 Å². The van der Waals surface area contributed by atoms with Crippen LogP contribution in [0.5, 0.6) is 0 Å². The summed E-state index contributed by atoms with van der Waals surface area (Å²) in [6.07, 6.45) is 6.98. The molecular formula is C22H19N3O4S. The van der Waals surface area contributed by atoms with E-state index >= 15 is 0 Å². The van der Waals surface area contributed by atoms with Crippen molar-refractivity contribution >= 4 is 35.6 Å². The summed E-state index contributed by atoms with van der Waals surface area (Å²) in [5, 5.41) is 12.0. The lowest BCUT2D eigenvalue weighted by atomic mass is 10.0. The Bertz CT molecular complexity index is 1040. The lowest BCUT2D eigenvalue weighted by molar-refractivity contribution is -0.150. The lowest BCUT2D eigenvalue weighted by Crippen LogP contribution is -2.70. The van der Waals surface area contributed by atoms with Gasteiger partial charge >= 0.3 is 5.97 Å². The first-order valence-corrected chi connectivity index (χ1v) is 10.4. The van der Waals surface area contributed by atoms with E-state index in [0.29, 0.717) is 11.3 Å². The molecule has 1 unspecified atom stereocenters. The molecule has 4 rings (SSSR count). The molecule has 2 aliphatic rings. The normalized spacial score (nSPS) is 20.7. The summed E-state index contributed by atoms with van der Waals surface area (Å²) in [5.74, 6) is -1.40. The molecule has 0 saturated carbocycles. The first kappa shape index (κ1) is 19.9. The number of carboxylic acids is 1. The van der Waals surface area contributed by atoms with E-state index in [-0.39, 0.29) is 18.0 Å². The summed E-state index contributed by atoms with van der Waals surface area (Å²) in [7, 11) is 0. The van der Waals surface area contributed by atoms with Gasteiger partial charge in [-0.05, 0) is 22.8 Å². The second-order valence-electron chi connectivity index (χ2n) is 6.92. The molecule has 3 heterocycles. The molecule has 0 aliphatic carbocycles. The standard InChI is InChI=1S/C22H19N3O4S/c26-17(11-14-5-2-1-3-6-14)24-18-20(27)25-19(22(28)29)16(13-30-21(18)25)9-8-15-7-4-10-23-12-15/h1-10,12,18,21H,11,13H2,(H,24,26)(H,28,29)/t18?,21-/m0/s1. The molecule has 1 aromatic carbocycles. The Morgan fingerprint density at radius 1 is 1.20 bits per heavy atom. The summed E-state index contributed by atoms with van der Waals surface area (Å²) in [6.45, 7) is 0. The largest absolute Gasteiger partial charge is 0.477 e. The Hall–Kier alpha value is -3.39. The van der Waals surface area contributed by atoms with E-state index in [1.54, 1.807) is 30.6 Å². The SMILES string of the molecule is O=C(Cc1ccccc1)NC1C(=O)N2C(C(=O)O)=C(C=Cc3cccnc3)CS[C@@H]12. The smallest absolute Gasteiger partial charge is 0.352 e. The molecule has 2 N–H and O–H groups in total. The van der Waals surface area contributed by atoms with E-state index in [2.05, 4.69) is 10.3 Å². The summed E-state index contributed by atoms with van der Waals surface area (Å²) in [6, 6.07) is 12.2. The summed E-state index contributed by atoms with van der Waals surface area (Å²) in [5.41, 5.74) is 2.21. The number of carboxylic acid groups (broad SMARTS) is 1. The van der Waals surface area contributed by atoms with Crippen LogP contribution in [0, 0.1) is 0 Å². The van der Waals surface area contributed by atoms with Crippen molar-refractivity contribution in [1.82, 2.24) is 15.2 Å². The van der Waals surface area contributed by atoms with Crippen LogP contribution in [0.2, 0.25) is 0 Å². The molecule has 1 saturated heterocycles. The number of allylic oxidation sites excluding steroid dienone is 1. The fourth-order valence-electron chi connectivity index (χ4n) is 3.45. The zero-order valence-electron chi connectivity index (χ0n) is 15.9. The number of fused-ring (bicyclic) bond motifs is 1. The van der Waals surface area contributed by atoms with E-state index < -0.39 is 23.3 Å². The van der Waals surface area contributed by atoms with Gasteiger partial charge in [0.1, 0.15) is 17.1 Å². The Balaban J connectivity index is 1.48. The molecule has 2 atom stereocenters. The average molecular weight is 421 g/mol. The molecule has 1 fully saturated rings. The minimum absolute atomic E-state index is 0.0301. The number of carbonyl (C=O) groups excluding carboxylic acids is 2. The van der Waals surface area contributed by atoms with Gasteiger partial charge in [-0.1, -0.05) is 48.6 Å². The minimum Gasteiger partial charge on any atom is -0.477 e. The second kappa shape index (κ2) is 8.54. The third kappa shape index (κ3) is 3.99. The van der Waals surface area contributed by atoms with E-state index in [1.165, 1.54) is 16.7 Å². The number of carbonyl (C=O) groups is 3. The van der Waals surface area contributed by atoms with Crippen molar-refractivity contribution in [3.8, 4) is 0 Å². The molecule has 30 heavy (non-hydrogen) atoms. The molecular weight excluding hydrogens is 402 g/mol. The Morgan fingerprint density at radius 3 is 2.70 bits per heavy atom. The number of nitrogens with one attached hydrogen (secondary N) is 1. The predicted octanol–water partition coefficient (Wildman–Crippen LogP) is 2.08. The van der Waals surface area contributed by atoms with Crippen LogP contribution >= 0.6 is 11.8 Å². The Labute approximate surface area is 177 Å². The quantitative estimate of drug-likeness (QED) is 0.693. The fraction of sp³-hybridized carbons (Fsp3) is 0.182. The number of nitrogens with zero attached hydrogens (tertiary/aromatic N) is 2. The third-order valence-corrected chi connectivity index (χ3v) is 6.19. The van der Waals surface area contributed by atoms with Gasteiger partial charge in [0.2, 0.25) is 5.91 Å². The van der Waals surface area contributed by atoms with Gasteiger partial charge in [0.25, 0.3) is 5.91 Å². The lowest BCUT2D eigenvalue weighted by Gasteiger charge is -2.49. The van der Waals surface area contributed by atoms with Crippen LogP contribution in [0.4, 0.5) is 0 Å². The van der Waals surface area contributed by atoms with E-state index in [0.717, 1.165) is 11.1 Å². The van der Waals surface area contributed by atoms with Gasteiger partial charge in [0.05, 0.1) is 6.42 Å². The van der Waals surface area contributed by atoms with Gasteiger partial charge < -0.3 is 10.4 Å². The first-order chi connectivity index (χ1) is 14.5. The van der Waals surface area contributed by atoms with Gasteiger partial charge in [-0.3, -0.25) is 19.5 Å². The number of thioether (sulfide) groups is 1. The number of aliphatic carboxylic acids is 1. The Kier molecular flexibility index (Phi) is 5.67. The number of hydrogen-bond donors (Lipinski definition) is 2. The van der Waals surface area contributed by atoms with Crippen LogP contribution in [0.1, 0.15) is 11.1 Å². The predicted molar refractivity (Wildman–Crippen MR) is 113 cm³/mol. The van der Waals surface area contributed by atoms with Crippen LogP contribution in [0.25, 0.3) is 6.08 Å². The fourth-order valence-corrected chi connectivity index (χ4v) is 4.77. The summed E-state index contributed by atoms with van der Waals surface area (Å²) < 4.78 is 0. The highest BCUT2D eigenvalue weighted by Crippen LogP contribution is 2.40. The summed E-state index contributed by atoms with van der Waals surface area (Å²) in [4.78, 5) is 42.2. The number of hydrogen-bond acceptors (Lipinski definition) is 5. The molecule has 2 amide bonds. The third-order valence-electron chi connectivity index (χ3n) is 4.89. The van der Waals surface area contributed by atoms with Crippen LogP contribution in [0.3, 0.4) is 0 Å². The van der Waals surface area contributed by atoms with Crippen molar-refractivity contribution in [1.29, 1.82) is 0 Å².